The summed E-state index contributed by atoms with van der Waals surface area (Å²) in [6.45, 7) is 2.82. The van der Waals surface area contributed by atoms with Gasteiger partial charge in [-0.15, -0.1) is 0 Å². The number of ether oxygens (including phenoxy) is 1. The maximum atomic E-state index is 13.0. The van der Waals surface area contributed by atoms with Gasteiger partial charge in [0.25, 0.3) is 0 Å². The van der Waals surface area contributed by atoms with Crippen LogP contribution in [0.15, 0.2) is 24.3 Å². The van der Waals surface area contributed by atoms with E-state index in [0.29, 0.717) is 13.2 Å². The topological polar surface area (TPSA) is 58.7 Å². The molecule has 0 saturated carbocycles. The Balaban J connectivity index is 1.91. The van der Waals surface area contributed by atoms with Crippen molar-refractivity contribution >= 4 is 0 Å². The smallest absolute Gasteiger partial charge is 0.123 e. The van der Waals surface area contributed by atoms with Crippen LogP contribution in [0.1, 0.15) is 24.4 Å². The van der Waals surface area contributed by atoms with Gasteiger partial charge in [0, 0.05) is 25.7 Å². The molecule has 4 nitrogen and oxygen atoms in total. The molecular formula is C15H23FN2O2. The number of likely N-dealkylation sites (tertiary alicyclic amines) is 1. The number of nitrogens with two attached hydrogens (primary N) is 1. The van der Waals surface area contributed by atoms with E-state index in [1.54, 1.807) is 12.1 Å². The minimum Gasteiger partial charge on any atom is -0.394 e. The van der Waals surface area contributed by atoms with Gasteiger partial charge in [-0.3, -0.25) is 4.90 Å². The maximum absolute atomic E-state index is 13.0. The highest BCUT2D eigenvalue weighted by molar-refractivity contribution is 5.20. The first-order valence-corrected chi connectivity index (χ1v) is 7.16. The largest absolute Gasteiger partial charge is 0.394 e. The molecule has 112 valence electrons. The van der Waals surface area contributed by atoms with E-state index in [9.17, 15) is 4.39 Å². The van der Waals surface area contributed by atoms with Crippen molar-refractivity contribution in [3.05, 3.63) is 35.6 Å². The third kappa shape index (κ3) is 3.99. The van der Waals surface area contributed by atoms with Crippen LogP contribution in [0.5, 0.6) is 0 Å². The molecule has 3 N–H and O–H groups in total. The number of hydrogen-bond donors (Lipinski definition) is 2. The van der Waals surface area contributed by atoms with Crippen LogP contribution in [0, 0.1) is 5.82 Å². The number of nitrogens with zero attached hydrogens (tertiary/aromatic N) is 1. The van der Waals surface area contributed by atoms with Crippen molar-refractivity contribution in [1.82, 2.24) is 4.90 Å². The Morgan fingerprint density at radius 1 is 1.30 bits per heavy atom. The van der Waals surface area contributed by atoms with Gasteiger partial charge in [0.1, 0.15) is 5.82 Å². The summed E-state index contributed by atoms with van der Waals surface area (Å²) in [6, 6.07) is 6.71. The average Bonchev–Trinajstić information content (AvgIpc) is 2.49. The number of hydrogen-bond acceptors (Lipinski definition) is 4. The Bertz CT molecular complexity index is 391. The Hall–Kier alpha value is -1.01. The first-order chi connectivity index (χ1) is 9.74. The molecule has 1 aliphatic heterocycles. The zero-order valence-electron chi connectivity index (χ0n) is 11.7. The van der Waals surface area contributed by atoms with E-state index >= 15 is 0 Å². The number of rotatable bonds is 6. The third-order valence-electron chi connectivity index (χ3n) is 3.84. The Kier molecular flexibility index (Phi) is 5.91. The number of piperidine rings is 1. The minimum atomic E-state index is -0.222. The van der Waals surface area contributed by atoms with Crippen LogP contribution >= 0.6 is 0 Å². The van der Waals surface area contributed by atoms with Crippen molar-refractivity contribution in [2.24, 2.45) is 5.73 Å². The van der Waals surface area contributed by atoms with Gasteiger partial charge in [0.15, 0.2) is 0 Å². The monoisotopic (exact) mass is 282 g/mol. The molecule has 1 aliphatic rings. The van der Waals surface area contributed by atoms with Crippen molar-refractivity contribution in [3.63, 3.8) is 0 Å². The maximum Gasteiger partial charge on any atom is 0.123 e. The minimum absolute atomic E-state index is 0.0707. The quantitative estimate of drug-likeness (QED) is 0.825. The molecule has 0 spiro atoms. The zero-order chi connectivity index (χ0) is 14.4. The van der Waals surface area contributed by atoms with E-state index in [1.165, 1.54) is 12.1 Å². The first-order valence-electron chi connectivity index (χ1n) is 7.16. The summed E-state index contributed by atoms with van der Waals surface area (Å²) >= 11 is 0. The van der Waals surface area contributed by atoms with Gasteiger partial charge in [0.2, 0.25) is 0 Å². The van der Waals surface area contributed by atoms with Gasteiger partial charge < -0.3 is 15.6 Å². The highest BCUT2D eigenvalue weighted by atomic mass is 19.1. The molecule has 0 aliphatic carbocycles. The molecule has 1 heterocycles. The first kappa shape index (κ1) is 15.4. The third-order valence-corrected chi connectivity index (χ3v) is 3.84. The van der Waals surface area contributed by atoms with Crippen LogP contribution in [0.4, 0.5) is 4.39 Å². The van der Waals surface area contributed by atoms with Crippen molar-refractivity contribution in [2.45, 2.75) is 25.0 Å². The Morgan fingerprint density at radius 3 is 2.50 bits per heavy atom. The van der Waals surface area contributed by atoms with Crippen LogP contribution in [-0.4, -0.2) is 49.0 Å². The van der Waals surface area contributed by atoms with Gasteiger partial charge in [0.05, 0.1) is 19.3 Å². The summed E-state index contributed by atoms with van der Waals surface area (Å²) in [5, 5.41) is 8.76. The van der Waals surface area contributed by atoms with Gasteiger partial charge in [-0.25, -0.2) is 4.39 Å². The predicted molar refractivity (Wildman–Crippen MR) is 75.8 cm³/mol. The predicted octanol–water partition coefficient (Wildman–Crippen LogP) is 1.30. The van der Waals surface area contributed by atoms with Crippen molar-refractivity contribution in [1.29, 1.82) is 0 Å². The summed E-state index contributed by atoms with van der Waals surface area (Å²) in [5.41, 5.74) is 6.95. The van der Waals surface area contributed by atoms with Gasteiger partial charge in [-0.1, -0.05) is 12.1 Å². The fourth-order valence-electron chi connectivity index (χ4n) is 2.75. The Labute approximate surface area is 119 Å². The van der Waals surface area contributed by atoms with E-state index in [4.69, 9.17) is 15.6 Å². The molecule has 2 rings (SSSR count). The molecule has 0 aromatic heterocycles. The molecule has 0 amide bonds. The molecule has 1 atom stereocenters. The summed E-state index contributed by atoms with van der Waals surface area (Å²) in [7, 11) is 0. The normalized spacial score (nSPS) is 19.1. The van der Waals surface area contributed by atoms with E-state index in [0.717, 1.165) is 31.5 Å². The molecule has 0 radical (unpaired) electrons. The van der Waals surface area contributed by atoms with Crippen LogP contribution in [-0.2, 0) is 4.74 Å². The molecule has 0 bridgehead atoms. The fraction of sp³-hybridized carbons (Fsp3) is 0.600. The summed E-state index contributed by atoms with van der Waals surface area (Å²) in [5.74, 6) is -0.222. The van der Waals surface area contributed by atoms with Gasteiger partial charge in [-0.2, -0.15) is 0 Å². The second-order valence-corrected chi connectivity index (χ2v) is 5.13. The van der Waals surface area contributed by atoms with Crippen LogP contribution in [0.25, 0.3) is 0 Å². The lowest BCUT2D eigenvalue weighted by Gasteiger charge is -2.37. The van der Waals surface area contributed by atoms with Crippen LogP contribution in [0.2, 0.25) is 0 Å². The Morgan fingerprint density at radius 2 is 1.95 bits per heavy atom. The zero-order valence-corrected chi connectivity index (χ0v) is 11.7. The van der Waals surface area contributed by atoms with Crippen molar-refractivity contribution < 1.29 is 14.2 Å². The lowest BCUT2D eigenvalue weighted by Crippen LogP contribution is -2.42. The molecular weight excluding hydrogens is 259 g/mol. The highest BCUT2D eigenvalue weighted by Crippen LogP contribution is 2.25. The number of aliphatic hydroxyl groups excluding tert-OH is 1. The molecule has 1 unspecified atom stereocenters. The molecule has 5 heteroatoms. The summed E-state index contributed by atoms with van der Waals surface area (Å²) in [4.78, 5) is 2.33. The van der Waals surface area contributed by atoms with Crippen LogP contribution < -0.4 is 5.73 Å². The van der Waals surface area contributed by atoms with Gasteiger partial charge in [-0.05, 0) is 30.5 Å². The summed E-state index contributed by atoms with van der Waals surface area (Å²) < 4.78 is 18.5. The van der Waals surface area contributed by atoms with Crippen LogP contribution in [0.3, 0.4) is 0 Å². The molecule has 20 heavy (non-hydrogen) atoms. The number of halogens is 1. The van der Waals surface area contributed by atoms with E-state index < -0.39 is 0 Å². The number of aliphatic hydroxyl groups is 1. The van der Waals surface area contributed by atoms with Crippen molar-refractivity contribution in [2.75, 3.05) is 32.8 Å². The van der Waals surface area contributed by atoms with E-state index in [-0.39, 0.29) is 24.6 Å². The summed E-state index contributed by atoms with van der Waals surface area (Å²) in [6.07, 6.45) is 2.11. The fourth-order valence-corrected chi connectivity index (χ4v) is 2.75. The molecule has 1 saturated heterocycles. The average molecular weight is 282 g/mol. The molecule has 1 aromatic carbocycles. The lowest BCUT2D eigenvalue weighted by molar-refractivity contribution is -0.0148. The lowest BCUT2D eigenvalue weighted by atomic mass is 10.0. The van der Waals surface area contributed by atoms with Gasteiger partial charge >= 0.3 is 0 Å². The van der Waals surface area contributed by atoms with Crippen molar-refractivity contribution in [3.8, 4) is 0 Å². The van der Waals surface area contributed by atoms with E-state index in [2.05, 4.69) is 4.90 Å². The number of benzene rings is 1. The highest BCUT2D eigenvalue weighted by Gasteiger charge is 2.25. The SMILES string of the molecule is NCC(c1ccc(F)cc1)N1CCC(OCCO)CC1. The molecule has 1 aromatic rings. The standard InChI is InChI=1S/C15H23FN2O2/c16-13-3-1-12(2-4-13)15(11-17)18-7-5-14(6-8-18)20-10-9-19/h1-4,14-15,19H,5-11,17H2. The second-order valence-electron chi connectivity index (χ2n) is 5.13. The van der Waals surface area contributed by atoms with E-state index in [1.807, 2.05) is 0 Å². The second kappa shape index (κ2) is 7.69. The molecule has 1 fully saturated rings.